The molecule has 0 radical (unpaired) electrons. The number of unbranched alkanes of at least 4 members (excludes halogenated alkanes) is 1. The number of ether oxygens (including phenoxy) is 1. The van der Waals surface area contributed by atoms with E-state index in [1.54, 1.807) is 0 Å². The first-order chi connectivity index (χ1) is 7.44. The third-order valence-corrected chi connectivity index (χ3v) is 4.59. The van der Waals surface area contributed by atoms with Gasteiger partial charge >= 0.3 is 0 Å². The second kappa shape index (κ2) is 5.42. The number of hydrogen-bond acceptors (Lipinski definition) is 6. The first-order valence-corrected chi connectivity index (χ1v) is 6.99. The Morgan fingerprint density at radius 2 is 1.88 bits per heavy atom. The Hall–Kier alpha value is -0.210. The Balaban J connectivity index is 2.74. The molecule has 0 bridgehead atoms. The van der Waals surface area contributed by atoms with Gasteiger partial charge in [0.2, 0.25) is 0 Å². The number of hydrogen-bond donors (Lipinski definition) is 3. The summed E-state index contributed by atoms with van der Waals surface area (Å²) in [5.74, 6) is -0.0872. The van der Waals surface area contributed by atoms with Crippen molar-refractivity contribution in [2.45, 2.75) is 43.5 Å². The van der Waals surface area contributed by atoms with Crippen LogP contribution in [0.15, 0.2) is 0 Å². The molecule has 0 aromatic rings. The molecule has 1 rings (SSSR count). The second-order valence-electron chi connectivity index (χ2n) is 3.93. The molecule has 0 spiro atoms. The van der Waals surface area contributed by atoms with E-state index in [1.807, 2.05) is 6.92 Å². The van der Waals surface area contributed by atoms with Gasteiger partial charge in [-0.1, -0.05) is 13.3 Å². The third kappa shape index (κ3) is 2.72. The molecule has 16 heavy (non-hydrogen) atoms. The zero-order valence-corrected chi connectivity index (χ0v) is 9.93. The fourth-order valence-corrected chi connectivity index (χ4v) is 3.45. The van der Waals surface area contributed by atoms with Crippen molar-refractivity contribution >= 4 is 9.84 Å². The molecule has 1 heterocycles. The summed E-state index contributed by atoms with van der Waals surface area (Å²) in [6, 6.07) is 0. The molecule has 0 aromatic heterocycles. The second-order valence-corrected chi connectivity index (χ2v) is 6.13. The van der Waals surface area contributed by atoms with Crippen LogP contribution in [0.5, 0.6) is 0 Å². The molecule has 0 aromatic carbocycles. The zero-order valence-electron chi connectivity index (χ0n) is 9.11. The highest BCUT2D eigenvalue weighted by Gasteiger charge is 2.48. The van der Waals surface area contributed by atoms with Crippen molar-refractivity contribution in [2.75, 3.05) is 12.4 Å². The van der Waals surface area contributed by atoms with Crippen LogP contribution in [0.4, 0.5) is 0 Å². The van der Waals surface area contributed by atoms with Crippen molar-refractivity contribution in [3.8, 4) is 0 Å². The van der Waals surface area contributed by atoms with Crippen molar-refractivity contribution in [1.82, 2.24) is 0 Å². The quantitative estimate of drug-likeness (QED) is 0.560. The van der Waals surface area contributed by atoms with E-state index in [4.69, 9.17) is 9.84 Å². The fourth-order valence-electron chi connectivity index (χ4n) is 1.62. The zero-order chi connectivity index (χ0) is 12.3. The maximum absolute atomic E-state index is 11.7. The average Bonchev–Trinajstić information content (AvgIpc) is 2.54. The summed E-state index contributed by atoms with van der Waals surface area (Å²) in [6.07, 6.45) is -2.68. The molecule has 1 saturated heterocycles. The van der Waals surface area contributed by atoms with Gasteiger partial charge in [-0.2, -0.15) is 0 Å². The van der Waals surface area contributed by atoms with E-state index in [1.165, 1.54) is 0 Å². The SMILES string of the molecule is CCCCS(=O)(=O)[C@@H]1O[C@H](CO)[C@@H](O)[C@@H]1O. The maximum Gasteiger partial charge on any atom is 0.187 e. The number of rotatable bonds is 5. The summed E-state index contributed by atoms with van der Waals surface area (Å²) in [7, 11) is -3.59. The fraction of sp³-hybridized carbons (Fsp3) is 1.00. The Morgan fingerprint density at radius 3 is 2.31 bits per heavy atom. The van der Waals surface area contributed by atoms with Crippen molar-refractivity contribution < 1.29 is 28.5 Å². The van der Waals surface area contributed by atoms with Crippen LogP contribution in [0, 0.1) is 0 Å². The van der Waals surface area contributed by atoms with Crippen LogP contribution in [-0.4, -0.2) is 59.8 Å². The van der Waals surface area contributed by atoms with Crippen LogP contribution in [0.25, 0.3) is 0 Å². The summed E-state index contributed by atoms with van der Waals surface area (Å²) in [4.78, 5) is 0. The van der Waals surface area contributed by atoms with Crippen LogP contribution in [0.2, 0.25) is 0 Å². The number of aliphatic hydroxyl groups is 3. The van der Waals surface area contributed by atoms with Crippen molar-refractivity contribution in [2.24, 2.45) is 0 Å². The molecular formula is C9H18O6S. The van der Waals surface area contributed by atoms with E-state index in [-0.39, 0.29) is 5.75 Å². The van der Waals surface area contributed by atoms with Crippen LogP contribution < -0.4 is 0 Å². The lowest BCUT2D eigenvalue weighted by Crippen LogP contribution is -2.37. The van der Waals surface area contributed by atoms with Gasteiger partial charge in [-0.3, -0.25) is 0 Å². The predicted molar refractivity (Wildman–Crippen MR) is 56.5 cm³/mol. The average molecular weight is 254 g/mol. The minimum Gasteiger partial charge on any atom is -0.394 e. The number of aliphatic hydroxyl groups excluding tert-OH is 3. The minimum atomic E-state index is -3.59. The topological polar surface area (TPSA) is 104 Å². The highest BCUT2D eigenvalue weighted by atomic mass is 32.2. The van der Waals surface area contributed by atoms with E-state index in [2.05, 4.69) is 0 Å². The Bertz CT molecular complexity index is 314. The highest BCUT2D eigenvalue weighted by molar-refractivity contribution is 7.91. The highest BCUT2D eigenvalue weighted by Crippen LogP contribution is 2.25. The van der Waals surface area contributed by atoms with Gasteiger partial charge in [0.15, 0.2) is 15.3 Å². The third-order valence-electron chi connectivity index (χ3n) is 2.63. The normalized spacial score (nSPS) is 35.5. The Kier molecular flexibility index (Phi) is 4.69. The largest absolute Gasteiger partial charge is 0.394 e. The standard InChI is InChI=1S/C9H18O6S/c1-2-3-4-16(13,14)9-8(12)7(11)6(5-10)15-9/h6-12H,2-5H2,1H3/t6-,7-,8+,9+/m1/s1. The molecule has 0 aliphatic carbocycles. The van der Waals surface area contributed by atoms with E-state index >= 15 is 0 Å². The summed E-state index contributed by atoms with van der Waals surface area (Å²) in [6.45, 7) is 1.34. The van der Waals surface area contributed by atoms with Crippen LogP contribution in [-0.2, 0) is 14.6 Å². The molecule has 1 aliphatic rings. The summed E-state index contributed by atoms with van der Waals surface area (Å²) < 4.78 is 28.4. The molecule has 1 fully saturated rings. The van der Waals surface area contributed by atoms with Crippen molar-refractivity contribution in [3.63, 3.8) is 0 Å². The first-order valence-electron chi connectivity index (χ1n) is 5.28. The molecule has 0 amide bonds. The minimum absolute atomic E-state index is 0.0872. The molecule has 96 valence electrons. The summed E-state index contributed by atoms with van der Waals surface area (Å²) in [5.41, 5.74) is -1.42. The molecule has 6 nitrogen and oxygen atoms in total. The number of sulfone groups is 1. The van der Waals surface area contributed by atoms with Gasteiger partial charge in [-0.15, -0.1) is 0 Å². The lowest BCUT2D eigenvalue weighted by molar-refractivity contribution is -0.00879. The van der Waals surface area contributed by atoms with E-state index < -0.39 is 40.2 Å². The van der Waals surface area contributed by atoms with Crippen LogP contribution in [0.3, 0.4) is 0 Å². The Labute approximate surface area is 94.8 Å². The van der Waals surface area contributed by atoms with Crippen LogP contribution >= 0.6 is 0 Å². The monoisotopic (exact) mass is 254 g/mol. The van der Waals surface area contributed by atoms with Gasteiger partial charge < -0.3 is 20.1 Å². The lowest BCUT2D eigenvalue weighted by atomic mass is 10.2. The molecule has 0 saturated carbocycles. The van der Waals surface area contributed by atoms with E-state index in [0.29, 0.717) is 12.8 Å². The Morgan fingerprint density at radius 1 is 1.25 bits per heavy atom. The molecular weight excluding hydrogens is 236 g/mol. The van der Waals surface area contributed by atoms with E-state index in [0.717, 1.165) is 0 Å². The van der Waals surface area contributed by atoms with Gasteiger partial charge in [-0.25, -0.2) is 8.42 Å². The van der Waals surface area contributed by atoms with Gasteiger partial charge in [0.25, 0.3) is 0 Å². The lowest BCUT2D eigenvalue weighted by Gasteiger charge is -2.14. The molecule has 3 N–H and O–H groups in total. The van der Waals surface area contributed by atoms with Gasteiger partial charge in [0.1, 0.15) is 18.3 Å². The smallest absolute Gasteiger partial charge is 0.187 e. The molecule has 1 aliphatic heterocycles. The summed E-state index contributed by atoms with van der Waals surface area (Å²) in [5, 5.41) is 27.8. The van der Waals surface area contributed by atoms with Crippen LogP contribution in [0.1, 0.15) is 19.8 Å². The maximum atomic E-state index is 11.7. The van der Waals surface area contributed by atoms with E-state index in [9.17, 15) is 18.6 Å². The molecule has 7 heteroatoms. The van der Waals surface area contributed by atoms with Gasteiger partial charge in [-0.05, 0) is 6.42 Å². The predicted octanol–water partition coefficient (Wildman–Crippen LogP) is -1.36. The van der Waals surface area contributed by atoms with Gasteiger partial charge in [0, 0.05) is 0 Å². The van der Waals surface area contributed by atoms with Crippen molar-refractivity contribution in [3.05, 3.63) is 0 Å². The summed E-state index contributed by atoms with van der Waals surface area (Å²) >= 11 is 0. The van der Waals surface area contributed by atoms with Crippen molar-refractivity contribution in [1.29, 1.82) is 0 Å². The molecule has 0 unspecified atom stereocenters. The molecule has 4 atom stereocenters. The van der Waals surface area contributed by atoms with Gasteiger partial charge in [0.05, 0.1) is 12.4 Å². The first kappa shape index (κ1) is 13.9.